The Balaban J connectivity index is 2.84. The van der Waals surface area contributed by atoms with E-state index in [0.717, 1.165) is 6.08 Å². The van der Waals surface area contributed by atoms with Crippen LogP contribution >= 0.6 is 0 Å². The number of rotatable bonds is 0. The maximum absolute atomic E-state index is 12.0. The van der Waals surface area contributed by atoms with E-state index in [1.807, 2.05) is 0 Å². The van der Waals surface area contributed by atoms with Crippen LogP contribution in [0, 0.1) is 0 Å². The lowest BCUT2D eigenvalue weighted by Crippen LogP contribution is -2.43. The Morgan fingerprint density at radius 2 is 1.91 bits per heavy atom. The molecule has 11 heavy (non-hydrogen) atoms. The van der Waals surface area contributed by atoms with Crippen molar-refractivity contribution in [3.05, 3.63) is 24.3 Å². The number of hydrogen-bond donors (Lipinski definition) is 1. The van der Waals surface area contributed by atoms with Crippen molar-refractivity contribution in [3.63, 3.8) is 0 Å². The Bertz CT molecular complexity index is 204. The zero-order valence-corrected chi connectivity index (χ0v) is 5.60. The van der Waals surface area contributed by atoms with Crippen molar-refractivity contribution in [1.29, 1.82) is 0 Å². The molecule has 1 aliphatic rings. The van der Waals surface area contributed by atoms with E-state index >= 15 is 0 Å². The Kier molecular flexibility index (Phi) is 1.80. The number of allylic oxidation sites excluding steroid dienone is 2. The zero-order chi connectivity index (χ0) is 8.54. The molecule has 1 rings (SSSR count). The summed E-state index contributed by atoms with van der Waals surface area (Å²) in [6, 6.07) is 0. The summed E-state index contributed by atoms with van der Waals surface area (Å²) in [6.45, 7) is 0. The van der Waals surface area contributed by atoms with Crippen molar-refractivity contribution in [2.24, 2.45) is 0 Å². The van der Waals surface area contributed by atoms with E-state index in [9.17, 15) is 13.2 Å². The van der Waals surface area contributed by atoms with Gasteiger partial charge in [-0.3, -0.25) is 0 Å². The molecule has 0 radical (unpaired) electrons. The third-order valence-corrected chi connectivity index (χ3v) is 1.54. The Morgan fingerprint density at radius 3 is 2.18 bits per heavy atom. The summed E-state index contributed by atoms with van der Waals surface area (Å²) < 4.78 is 36.0. The normalized spacial score (nSPS) is 30.9. The highest BCUT2D eigenvalue weighted by Gasteiger charge is 2.51. The van der Waals surface area contributed by atoms with Crippen molar-refractivity contribution in [2.45, 2.75) is 18.2 Å². The fourth-order valence-electron chi connectivity index (χ4n) is 0.819. The first kappa shape index (κ1) is 8.33. The number of aliphatic hydroxyl groups is 1. The van der Waals surface area contributed by atoms with Gasteiger partial charge < -0.3 is 5.11 Å². The SMILES string of the molecule is OC1(C(F)(F)F)C=CC=CC1. The molecule has 0 saturated carbocycles. The van der Waals surface area contributed by atoms with Crippen LogP contribution in [0.15, 0.2) is 24.3 Å². The van der Waals surface area contributed by atoms with Crippen LogP contribution in [-0.2, 0) is 0 Å². The van der Waals surface area contributed by atoms with Crippen molar-refractivity contribution in [3.8, 4) is 0 Å². The van der Waals surface area contributed by atoms with Crippen LogP contribution in [0.4, 0.5) is 13.2 Å². The van der Waals surface area contributed by atoms with Crippen molar-refractivity contribution < 1.29 is 18.3 Å². The van der Waals surface area contributed by atoms with Crippen LogP contribution in [0.2, 0.25) is 0 Å². The fourth-order valence-corrected chi connectivity index (χ4v) is 0.819. The minimum absolute atomic E-state index is 0.396. The maximum Gasteiger partial charge on any atom is 0.421 e. The molecule has 0 fully saturated rings. The third-order valence-electron chi connectivity index (χ3n) is 1.54. The quantitative estimate of drug-likeness (QED) is 0.578. The monoisotopic (exact) mass is 164 g/mol. The van der Waals surface area contributed by atoms with E-state index in [0.29, 0.717) is 0 Å². The van der Waals surface area contributed by atoms with Crippen LogP contribution in [-0.4, -0.2) is 16.9 Å². The molecule has 0 aliphatic heterocycles. The zero-order valence-electron chi connectivity index (χ0n) is 5.60. The molecule has 0 aromatic rings. The molecule has 4 heteroatoms. The first-order chi connectivity index (χ1) is 4.96. The molecule has 0 aromatic heterocycles. The van der Waals surface area contributed by atoms with Crippen LogP contribution in [0.1, 0.15) is 6.42 Å². The van der Waals surface area contributed by atoms with Crippen LogP contribution < -0.4 is 0 Å². The highest BCUT2D eigenvalue weighted by atomic mass is 19.4. The van der Waals surface area contributed by atoms with Gasteiger partial charge in [-0.25, -0.2) is 0 Å². The summed E-state index contributed by atoms with van der Waals surface area (Å²) in [4.78, 5) is 0. The van der Waals surface area contributed by atoms with Crippen molar-refractivity contribution in [1.82, 2.24) is 0 Å². The van der Waals surface area contributed by atoms with E-state index < -0.39 is 18.2 Å². The van der Waals surface area contributed by atoms with Gasteiger partial charge in [-0.15, -0.1) is 0 Å². The highest BCUT2D eigenvalue weighted by molar-refractivity contribution is 5.20. The van der Waals surface area contributed by atoms with Gasteiger partial charge >= 0.3 is 6.18 Å². The smallest absolute Gasteiger partial charge is 0.376 e. The molecule has 1 nitrogen and oxygen atoms in total. The van der Waals surface area contributed by atoms with Gasteiger partial charge in [0.15, 0.2) is 5.60 Å². The van der Waals surface area contributed by atoms with Gasteiger partial charge in [0.05, 0.1) is 0 Å². The average Bonchev–Trinajstić information content (AvgIpc) is 1.87. The summed E-state index contributed by atoms with van der Waals surface area (Å²) in [5.41, 5.74) is -2.65. The van der Waals surface area contributed by atoms with Gasteiger partial charge in [0.2, 0.25) is 0 Å². The number of alkyl halides is 3. The van der Waals surface area contributed by atoms with Crippen LogP contribution in [0.3, 0.4) is 0 Å². The Hall–Kier alpha value is -0.770. The topological polar surface area (TPSA) is 20.2 Å². The molecule has 0 bridgehead atoms. The van der Waals surface area contributed by atoms with E-state index in [2.05, 4.69) is 0 Å². The molecule has 62 valence electrons. The molecular formula is C7H7F3O. The second kappa shape index (κ2) is 2.37. The summed E-state index contributed by atoms with van der Waals surface area (Å²) in [7, 11) is 0. The predicted octanol–water partition coefficient (Wildman–Crippen LogP) is 1.80. The average molecular weight is 164 g/mol. The molecular weight excluding hydrogens is 157 g/mol. The van der Waals surface area contributed by atoms with E-state index in [-0.39, 0.29) is 0 Å². The van der Waals surface area contributed by atoms with Gasteiger partial charge in [0.25, 0.3) is 0 Å². The Labute approximate surface area is 61.8 Å². The molecule has 1 aliphatic carbocycles. The minimum Gasteiger partial charge on any atom is -0.376 e. The molecule has 0 aromatic carbocycles. The first-order valence-corrected chi connectivity index (χ1v) is 3.09. The van der Waals surface area contributed by atoms with Gasteiger partial charge in [-0.1, -0.05) is 18.2 Å². The first-order valence-electron chi connectivity index (χ1n) is 3.09. The molecule has 0 heterocycles. The van der Waals surface area contributed by atoms with Crippen molar-refractivity contribution >= 4 is 0 Å². The fraction of sp³-hybridized carbons (Fsp3) is 0.429. The van der Waals surface area contributed by atoms with E-state index in [4.69, 9.17) is 5.11 Å². The summed E-state index contributed by atoms with van der Waals surface area (Å²) >= 11 is 0. The molecule has 1 atom stereocenters. The van der Waals surface area contributed by atoms with Crippen LogP contribution in [0.5, 0.6) is 0 Å². The van der Waals surface area contributed by atoms with Gasteiger partial charge in [0, 0.05) is 6.42 Å². The number of halogens is 3. The predicted molar refractivity (Wildman–Crippen MR) is 33.9 cm³/mol. The molecule has 1 unspecified atom stereocenters. The molecule has 0 spiro atoms. The summed E-state index contributed by atoms with van der Waals surface area (Å²) in [6.07, 6.45) is -0.265. The highest BCUT2D eigenvalue weighted by Crippen LogP contribution is 2.35. The van der Waals surface area contributed by atoms with E-state index in [1.165, 1.54) is 18.2 Å². The van der Waals surface area contributed by atoms with Gasteiger partial charge in [-0.05, 0) is 6.08 Å². The summed E-state index contributed by atoms with van der Waals surface area (Å²) in [5, 5.41) is 8.94. The summed E-state index contributed by atoms with van der Waals surface area (Å²) in [5.74, 6) is 0. The van der Waals surface area contributed by atoms with E-state index in [1.54, 1.807) is 0 Å². The van der Waals surface area contributed by atoms with Gasteiger partial charge in [-0.2, -0.15) is 13.2 Å². The molecule has 1 N–H and O–H groups in total. The van der Waals surface area contributed by atoms with Gasteiger partial charge in [0.1, 0.15) is 0 Å². The third kappa shape index (κ3) is 1.45. The molecule has 0 amide bonds. The minimum atomic E-state index is -4.58. The second-order valence-electron chi connectivity index (χ2n) is 2.41. The standard InChI is InChI=1S/C7H7F3O/c8-7(9,10)6(11)4-2-1-3-5-6/h1-4,11H,5H2. The van der Waals surface area contributed by atoms with Crippen LogP contribution in [0.25, 0.3) is 0 Å². The molecule has 0 saturated heterocycles. The lowest BCUT2D eigenvalue weighted by atomic mass is 9.95. The lowest BCUT2D eigenvalue weighted by molar-refractivity contribution is -0.238. The lowest BCUT2D eigenvalue weighted by Gasteiger charge is -2.27. The van der Waals surface area contributed by atoms with Crippen molar-refractivity contribution in [2.75, 3.05) is 0 Å². The maximum atomic E-state index is 12.0. The largest absolute Gasteiger partial charge is 0.421 e. The Morgan fingerprint density at radius 1 is 1.27 bits per heavy atom. The second-order valence-corrected chi connectivity index (χ2v) is 2.41. The number of hydrogen-bond acceptors (Lipinski definition) is 1.